The highest BCUT2D eigenvalue weighted by molar-refractivity contribution is 7.17. The van der Waals surface area contributed by atoms with Crippen molar-refractivity contribution in [3.8, 4) is 11.1 Å². The van der Waals surface area contributed by atoms with E-state index in [1.54, 1.807) is 0 Å². The normalized spacial score (nSPS) is 12.0. The van der Waals surface area contributed by atoms with Crippen LogP contribution in [0.4, 0.5) is 0 Å². The number of thiophene rings is 1. The van der Waals surface area contributed by atoms with Crippen molar-refractivity contribution in [3.05, 3.63) is 87.8 Å². The molecule has 1 N–H and O–H groups in total. The molecule has 0 aliphatic rings. The number of carbonyl (C=O) groups excluding carboxylic acids is 1. The Morgan fingerprint density at radius 2 is 1.79 bits per heavy atom. The molecule has 6 heteroatoms. The quantitative estimate of drug-likeness (QED) is 0.465. The molecular weight excluding hydrogens is 384 g/mol. The number of nitrogens with zero attached hydrogens (tertiary/aromatic N) is 1. The maximum absolute atomic E-state index is 12.6. The minimum atomic E-state index is -0.319. The van der Waals surface area contributed by atoms with Crippen LogP contribution in [0, 0.1) is 0 Å². The first kappa shape index (κ1) is 19.1. The predicted octanol–water partition coefficient (Wildman–Crippen LogP) is 4.89. The molecule has 2 aromatic heterocycles. The third-order valence-electron chi connectivity index (χ3n) is 4.79. The van der Waals surface area contributed by atoms with E-state index in [0.717, 1.165) is 16.7 Å². The van der Waals surface area contributed by atoms with E-state index in [2.05, 4.69) is 9.97 Å². The molecule has 0 amide bonds. The number of aromatic amines is 1. The molecule has 29 heavy (non-hydrogen) atoms. The Labute approximate surface area is 172 Å². The number of fused-ring (bicyclic) bond motifs is 1. The fourth-order valence-corrected chi connectivity index (χ4v) is 4.22. The maximum atomic E-state index is 12.6. The summed E-state index contributed by atoms with van der Waals surface area (Å²) in [5.74, 6) is 0.0915. The average Bonchev–Trinajstić information content (AvgIpc) is 3.18. The van der Waals surface area contributed by atoms with E-state index in [-0.39, 0.29) is 30.5 Å². The zero-order valence-corrected chi connectivity index (χ0v) is 16.7. The van der Waals surface area contributed by atoms with Gasteiger partial charge in [0, 0.05) is 10.9 Å². The van der Waals surface area contributed by atoms with Crippen molar-refractivity contribution in [2.45, 2.75) is 25.9 Å². The fraction of sp³-hybridized carbons (Fsp3) is 0.174. The molecule has 0 unspecified atom stereocenters. The summed E-state index contributed by atoms with van der Waals surface area (Å²) < 4.78 is 5.35. The number of carbonyl (C=O) groups is 1. The number of aromatic nitrogens is 2. The molecule has 4 rings (SSSR count). The van der Waals surface area contributed by atoms with Crippen molar-refractivity contribution >= 4 is 27.5 Å². The molecule has 0 radical (unpaired) electrons. The van der Waals surface area contributed by atoms with Gasteiger partial charge in [-0.05, 0) is 17.0 Å². The lowest BCUT2D eigenvalue weighted by Crippen LogP contribution is -2.15. The Kier molecular flexibility index (Phi) is 5.53. The zero-order chi connectivity index (χ0) is 20.2. The monoisotopic (exact) mass is 404 g/mol. The minimum Gasteiger partial charge on any atom is -0.457 e. The fourth-order valence-electron chi connectivity index (χ4n) is 3.25. The van der Waals surface area contributed by atoms with Crippen molar-refractivity contribution in [3.63, 3.8) is 0 Å². The van der Waals surface area contributed by atoms with Gasteiger partial charge in [0.25, 0.3) is 5.56 Å². The molecule has 146 valence electrons. The van der Waals surface area contributed by atoms with E-state index >= 15 is 0 Å². The van der Waals surface area contributed by atoms with Crippen LogP contribution >= 0.6 is 11.3 Å². The Balaban J connectivity index is 1.46. The Morgan fingerprint density at radius 3 is 2.52 bits per heavy atom. The summed E-state index contributed by atoms with van der Waals surface area (Å²) in [7, 11) is 0. The largest absolute Gasteiger partial charge is 0.457 e. The smallest absolute Gasteiger partial charge is 0.306 e. The van der Waals surface area contributed by atoms with Crippen LogP contribution in [0.5, 0.6) is 0 Å². The van der Waals surface area contributed by atoms with Crippen LogP contribution < -0.4 is 5.56 Å². The lowest BCUT2D eigenvalue weighted by atomic mass is 9.98. The van der Waals surface area contributed by atoms with Crippen LogP contribution in [0.15, 0.2) is 70.8 Å². The van der Waals surface area contributed by atoms with Gasteiger partial charge in [-0.2, -0.15) is 0 Å². The highest BCUT2D eigenvalue weighted by Crippen LogP contribution is 2.30. The molecule has 2 heterocycles. The molecule has 2 aromatic carbocycles. The third-order valence-corrected chi connectivity index (χ3v) is 5.66. The summed E-state index contributed by atoms with van der Waals surface area (Å²) in [5, 5.41) is 2.49. The second kappa shape index (κ2) is 8.41. The van der Waals surface area contributed by atoms with Crippen LogP contribution in [0.1, 0.15) is 30.7 Å². The standard InChI is InChI=1S/C23H20N2O3S/c1-15(16-8-4-2-5-9-16)12-20(26)28-13-19-24-22(27)21-18(14-29-23(21)25-19)17-10-6-3-7-11-17/h2-11,14-15H,12-13H2,1H3,(H,24,25,27)/t15-/m1/s1. The van der Waals surface area contributed by atoms with Gasteiger partial charge in [0.15, 0.2) is 0 Å². The van der Waals surface area contributed by atoms with E-state index in [9.17, 15) is 9.59 Å². The lowest BCUT2D eigenvalue weighted by molar-refractivity contribution is -0.145. The van der Waals surface area contributed by atoms with Crippen molar-refractivity contribution < 1.29 is 9.53 Å². The van der Waals surface area contributed by atoms with Crippen LogP contribution in [0.3, 0.4) is 0 Å². The number of H-pyrrole nitrogens is 1. The zero-order valence-electron chi connectivity index (χ0n) is 15.9. The molecule has 0 bridgehead atoms. The van der Waals surface area contributed by atoms with Gasteiger partial charge in [-0.3, -0.25) is 9.59 Å². The van der Waals surface area contributed by atoms with Gasteiger partial charge in [-0.1, -0.05) is 67.6 Å². The van der Waals surface area contributed by atoms with Crippen molar-refractivity contribution in [2.24, 2.45) is 0 Å². The van der Waals surface area contributed by atoms with Gasteiger partial charge >= 0.3 is 5.97 Å². The number of hydrogen-bond donors (Lipinski definition) is 1. The topological polar surface area (TPSA) is 72.0 Å². The molecular formula is C23H20N2O3S. The second-order valence-electron chi connectivity index (χ2n) is 6.88. The third kappa shape index (κ3) is 4.27. The molecule has 5 nitrogen and oxygen atoms in total. The number of esters is 1. The van der Waals surface area contributed by atoms with E-state index < -0.39 is 0 Å². The van der Waals surface area contributed by atoms with E-state index in [1.165, 1.54) is 11.3 Å². The van der Waals surface area contributed by atoms with Crippen LogP contribution in [-0.2, 0) is 16.1 Å². The van der Waals surface area contributed by atoms with Crippen LogP contribution in [0.25, 0.3) is 21.3 Å². The number of ether oxygens (including phenoxy) is 1. The van der Waals surface area contributed by atoms with Gasteiger partial charge in [0.05, 0.1) is 11.8 Å². The molecule has 0 saturated carbocycles. The SMILES string of the molecule is C[C@H](CC(=O)OCc1nc2scc(-c3ccccc3)c2c(=O)[nH]1)c1ccccc1. The average molecular weight is 404 g/mol. The molecule has 0 saturated heterocycles. The Bertz CT molecular complexity index is 1180. The van der Waals surface area contributed by atoms with E-state index in [4.69, 9.17) is 4.74 Å². The van der Waals surface area contributed by atoms with Gasteiger partial charge in [0.2, 0.25) is 0 Å². The van der Waals surface area contributed by atoms with Gasteiger partial charge < -0.3 is 9.72 Å². The van der Waals surface area contributed by atoms with Crippen LogP contribution in [0.2, 0.25) is 0 Å². The van der Waals surface area contributed by atoms with E-state index in [1.807, 2.05) is 73.0 Å². The van der Waals surface area contributed by atoms with Gasteiger partial charge in [0.1, 0.15) is 17.3 Å². The number of hydrogen-bond acceptors (Lipinski definition) is 5. The maximum Gasteiger partial charge on any atom is 0.306 e. The summed E-state index contributed by atoms with van der Waals surface area (Å²) in [6.07, 6.45) is 0.271. The van der Waals surface area contributed by atoms with Crippen molar-refractivity contribution in [1.82, 2.24) is 9.97 Å². The van der Waals surface area contributed by atoms with E-state index in [0.29, 0.717) is 16.0 Å². The summed E-state index contributed by atoms with van der Waals surface area (Å²) in [6.45, 7) is 1.93. The summed E-state index contributed by atoms with van der Waals surface area (Å²) in [5.41, 5.74) is 2.70. The van der Waals surface area contributed by atoms with Crippen LogP contribution in [-0.4, -0.2) is 15.9 Å². The summed E-state index contributed by atoms with van der Waals surface area (Å²) in [4.78, 5) is 32.7. The van der Waals surface area contributed by atoms with Crippen molar-refractivity contribution in [1.29, 1.82) is 0 Å². The summed E-state index contributed by atoms with van der Waals surface area (Å²) >= 11 is 1.41. The first-order chi connectivity index (χ1) is 14.1. The Morgan fingerprint density at radius 1 is 1.10 bits per heavy atom. The Hall–Kier alpha value is -3.25. The molecule has 4 aromatic rings. The molecule has 0 aliphatic carbocycles. The highest BCUT2D eigenvalue weighted by atomic mass is 32.1. The lowest BCUT2D eigenvalue weighted by Gasteiger charge is -2.11. The highest BCUT2D eigenvalue weighted by Gasteiger charge is 2.15. The molecule has 0 spiro atoms. The predicted molar refractivity (Wildman–Crippen MR) is 115 cm³/mol. The first-order valence-corrected chi connectivity index (χ1v) is 10.3. The molecule has 0 aliphatic heterocycles. The first-order valence-electron chi connectivity index (χ1n) is 9.38. The van der Waals surface area contributed by atoms with Crippen molar-refractivity contribution in [2.75, 3.05) is 0 Å². The summed E-state index contributed by atoms with van der Waals surface area (Å²) in [6, 6.07) is 19.6. The number of benzene rings is 2. The second-order valence-corrected chi connectivity index (χ2v) is 7.74. The van der Waals surface area contributed by atoms with Gasteiger partial charge in [-0.15, -0.1) is 11.3 Å². The molecule has 0 fully saturated rings. The minimum absolute atomic E-state index is 0.0515. The number of rotatable bonds is 6. The van der Waals surface area contributed by atoms with Gasteiger partial charge in [-0.25, -0.2) is 4.98 Å². The molecule has 1 atom stereocenters. The number of nitrogens with one attached hydrogen (secondary N) is 1.